The predicted molar refractivity (Wildman–Crippen MR) is 524 cm³/mol. The second-order valence-corrected chi connectivity index (χ2v) is 32.8. The molecule has 0 spiro atoms. The lowest BCUT2D eigenvalue weighted by molar-refractivity contribution is 0.305. The summed E-state index contributed by atoms with van der Waals surface area (Å²) in [6.07, 6.45) is 42.9. The van der Waals surface area contributed by atoms with Gasteiger partial charge in [0.05, 0.1) is 27.0 Å². The summed E-state index contributed by atoms with van der Waals surface area (Å²) >= 11 is 3.22. The number of ether oxygens (including phenoxy) is 1. The number of para-hydroxylation sites is 2. The highest BCUT2D eigenvalue weighted by Crippen LogP contribution is 2.24. The predicted octanol–water partition coefficient (Wildman–Crippen LogP) is 25.3. The quantitative estimate of drug-likeness (QED) is 0.0378. The van der Waals surface area contributed by atoms with Crippen molar-refractivity contribution in [1.82, 2.24) is 49.8 Å². The number of hydrogen-bond donors (Lipinski definition) is 0. The average molecular weight is 1700 g/mol. The first-order valence-electron chi connectivity index (χ1n) is 44.9. The number of rotatable bonds is 26. The molecule has 10 heterocycles. The molecule has 10 aromatic heterocycles. The summed E-state index contributed by atoms with van der Waals surface area (Å²) in [7, 11) is 0. The van der Waals surface area contributed by atoms with Gasteiger partial charge in [0.25, 0.3) is 0 Å². The maximum Gasteiger partial charge on any atom is 0.168 e. The van der Waals surface area contributed by atoms with E-state index in [0.29, 0.717) is 5.69 Å². The molecule has 0 saturated heterocycles. The van der Waals surface area contributed by atoms with Crippen LogP contribution in [0.1, 0.15) is 286 Å². The zero-order valence-corrected chi connectivity index (χ0v) is 76.0. The summed E-state index contributed by atoms with van der Waals surface area (Å²) < 4.78 is 8.10. The van der Waals surface area contributed by atoms with E-state index < -0.39 is 0 Å². The van der Waals surface area contributed by atoms with Gasteiger partial charge < -0.3 is 4.74 Å². The van der Waals surface area contributed by atoms with Crippen LogP contribution in [0.25, 0.3) is 20.4 Å². The number of fused-ring (bicyclic) bond motifs is 2. The minimum Gasteiger partial charge on any atom is -0.494 e. The fraction of sp³-hybridized carbons (Fsp3) is 0.281. The summed E-state index contributed by atoms with van der Waals surface area (Å²) in [5.41, 5.74) is 21.0. The third-order valence-electron chi connectivity index (χ3n) is 20.2. The molecule has 4 aromatic carbocycles. The number of aryl methyl sites for hydroxylation is 6. The molecule has 0 amide bonds. The molecule has 14 aromatic rings. The lowest BCUT2D eigenvalue weighted by atomic mass is 10.1. The van der Waals surface area contributed by atoms with Gasteiger partial charge in [0.1, 0.15) is 22.8 Å². The van der Waals surface area contributed by atoms with Crippen LogP contribution < -0.4 is 4.74 Å². The SMILES string of the molecule is CCCCCCOc1ccc(C#Cc2ccc(C#Cc3ccc(CCCCC)nc3)nc2)cc1.CCCCCc1ccc(C#Cc2ccc(C#Cc3ccc(CCCCC)nc3)nc2)cn1.CCCCCc1ccc(C#Cc2ccc(C#Cc3nc4ccccc4s3)cc2C)cn1.CCCCCc1ccc(C#Cc2ccc(C#Cc3nc4ccccc4s3)cn2)cn1. The van der Waals surface area contributed by atoms with Gasteiger partial charge in [-0.1, -0.05) is 214 Å². The summed E-state index contributed by atoms with van der Waals surface area (Å²) in [4.78, 5) is 44.9. The van der Waals surface area contributed by atoms with Gasteiger partial charge in [0, 0.05) is 139 Å². The first kappa shape index (κ1) is 93.8. The summed E-state index contributed by atoms with van der Waals surface area (Å²) in [5, 5.41) is 1.65. The molecule has 0 fully saturated rings. The van der Waals surface area contributed by atoms with Crippen molar-refractivity contribution in [1.29, 1.82) is 0 Å². The summed E-state index contributed by atoms with van der Waals surface area (Å²) in [5.74, 6) is 51.4. The van der Waals surface area contributed by atoms with E-state index in [-0.39, 0.29) is 0 Å². The third-order valence-corrected chi connectivity index (χ3v) is 22.1. The van der Waals surface area contributed by atoms with Crippen molar-refractivity contribution in [3.8, 4) is 100 Å². The van der Waals surface area contributed by atoms with Crippen LogP contribution in [0.4, 0.5) is 0 Å². The smallest absolute Gasteiger partial charge is 0.168 e. The third kappa shape index (κ3) is 34.3. The van der Waals surface area contributed by atoms with Crippen LogP contribution in [-0.2, 0) is 32.1 Å². The van der Waals surface area contributed by atoms with Gasteiger partial charge in [-0.05, 0) is 277 Å². The number of hydrogen-bond acceptors (Lipinski definition) is 13. The second kappa shape index (κ2) is 54.0. The lowest BCUT2D eigenvalue weighted by Crippen LogP contribution is -1.96. The number of pyridine rings is 8. The maximum absolute atomic E-state index is 5.79. The van der Waals surface area contributed by atoms with Gasteiger partial charge in [-0.25, -0.2) is 24.9 Å². The highest BCUT2D eigenvalue weighted by atomic mass is 32.1. The van der Waals surface area contributed by atoms with Gasteiger partial charge in [0.2, 0.25) is 0 Å². The normalized spacial score (nSPS) is 10.1. The van der Waals surface area contributed by atoms with Crippen LogP contribution in [-0.4, -0.2) is 56.4 Å². The minimum absolute atomic E-state index is 0.715. The van der Waals surface area contributed by atoms with E-state index in [9.17, 15) is 0 Å². The zero-order chi connectivity index (χ0) is 88.3. The van der Waals surface area contributed by atoms with Gasteiger partial charge in [-0.15, -0.1) is 22.7 Å². The Bertz CT molecular complexity index is 6150. The molecule has 13 heteroatoms. The summed E-state index contributed by atoms with van der Waals surface area (Å²) in [6.45, 7) is 16.1. The highest BCUT2D eigenvalue weighted by Gasteiger charge is 2.07. The van der Waals surface area contributed by atoms with Crippen molar-refractivity contribution in [2.24, 2.45) is 0 Å². The molecule has 0 unspecified atom stereocenters. The van der Waals surface area contributed by atoms with E-state index >= 15 is 0 Å². The number of aromatic nitrogens is 10. The van der Waals surface area contributed by atoms with Crippen molar-refractivity contribution in [3.63, 3.8) is 0 Å². The second-order valence-electron chi connectivity index (χ2n) is 30.7. The van der Waals surface area contributed by atoms with E-state index in [4.69, 9.17) is 4.74 Å². The molecular weight excluding hydrogens is 1590 g/mol. The number of nitrogens with zero attached hydrogens (tertiary/aromatic N) is 10. The Labute approximate surface area is 762 Å². The lowest BCUT2D eigenvalue weighted by Gasteiger charge is -2.05. The molecule has 14 rings (SSSR count). The van der Waals surface area contributed by atoms with Crippen molar-refractivity contribution in [2.45, 2.75) is 203 Å². The van der Waals surface area contributed by atoms with Crippen molar-refractivity contribution >= 4 is 43.1 Å². The molecule has 0 atom stereocenters. The Hall–Kier alpha value is -13.9. The first-order chi connectivity index (χ1) is 62.5. The van der Waals surface area contributed by atoms with Gasteiger partial charge >= 0.3 is 0 Å². The molecule has 11 nitrogen and oxygen atoms in total. The van der Waals surface area contributed by atoms with Crippen molar-refractivity contribution in [2.75, 3.05) is 6.61 Å². The van der Waals surface area contributed by atoms with E-state index in [1.165, 1.54) is 116 Å². The summed E-state index contributed by atoms with van der Waals surface area (Å²) in [6, 6.07) is 62.4. The van der Waals surface area contributed by atoms with Gasteiger partial charge in [-0.2, -0.15) is 0 Å². The molecule has 0 aliphatic rings. The van der Waals surface area contributed by atoms with Crippen LogP contribution in [0, 0.1) is 102 Å². The largest absolute Gasteiger partial charge is 0.494 e. The van der Waals surface area contributed by atoms with Crippen LogP contribution in [0.3, 0.4) is 0 Å². The zero-order valence-electron chi connectivity index (χ0n) is 74.4. The van der Waals surface area contributed by atoms with Crippen molar-refractivity contribution < 1.29 is 4.74 Å². The van der Waals surface area contributed by atoms with Crippen LogP contribution in [0.2, 0.25) is 0 Å². The van der Waals surface area contributed by atoms with Gasteiger partial charge in [-0.3, -0.25) is 24.9 Å². The van der Waals surface area contributed by atoms with Gasteiger partial charge in [0.15, 0.2) is 10.0 Å². The van der Waals surface area contributed by atoms with E-state index in [1.54, 1.807) is 41.3 Å². The monoisotopic (exact) mass is 1700 g/mol. The fourth-order valence-corrected chi connectivity index (χ4v) is 14.5. The van der Waals surface area contributed by atoms with E-state index in [1.807, 2.05) is 164 Å². The fourth-order valence-electron chi connectivity index (χ4n) is 12.8. The Morgan fingerprint density at radius 2 is 0.543 bits per heavy atom. The topological polar surface area (TPSA) is 138 Å². The molecule has 0 aliphatic heterocycles. The molecule has 634 valence electrons. The Balaban J connectivity index is 0.000000164. The van der Waals surface area contributed by atoms with Crippen LogP contribution in [0.5, 0.6) is 5.75 Å². The Morgan fingerprint density at radius 3 is 0.866 bits per heavy atom. The molecule has 0 saturated carbocycles. The molecule has 0 bridgehead atoms. The number of benzene rings is 4. The molecular formula is C114H110N10OS2. The van der Waals surface area contributed by atoms with Crippen molar-refractivity contribution in [3.05, 3.63) is 360 Å². The maximum atomic E-state index is 5.79. The minimum atomic E-state index is 0.715. The molecule has 0 radical (unpaired) electrons. The van der Waals surface area contributed by atoms with Crippen LogP contribution >= 0.6 is 22.7 Å². The molecule has 127 heavy (non-hydrogen) atoms. The number of unbranched alkanes of at least 4 members (excludes halogenated alkanes) is 13. The van der Waals surface area contributed by atoms with E-state index in [2.05, 4.69) is 248 Å². The molecule has 0 aliphatic carbocycles. The molecule has 0 N–H and O–H groups in total. The average Bonchev–Trinajstić information content (AvgIpc) is 1.71. The Kier molecular flexibility index (Phi) is 39.9. The Morgan fingerprint density at radius 1 is 0.252 bits per heavy atom. The standard InChI is InChI=1S/C31H34N2O.C29H31N3.C28H24N2S.C26H21N3S/c1-3-5-7-9-23-34-31-21-16-26(17-22-31)11-12-27-14-19-30(33-24-27)20-15-28-13-18-29(32-25-28)10-8-6-4-2;1-3-5-7-9-27-17-13-24(21-30-27)11-12-25-15-19-29(32-22-25)20-16-26-14-18-28(31-23-26)10-8-6-4-2;1-3-4-5-8-25-17-13-23(20-29-25)12-16-24-15-11-22(19-21(24)2)14-18-28-30-26-9-6-7-10-27(26)31-28;1-2-3-4-7-22-14-10-20(18-27-22)11-15-23-16-12-21(19-28-23)13-17-26-29-24-8-5-6-9-25(24)30-26/h13-14,16-19,21-22,24-25H,3-10,23H2,1-2H3;13-15,17-19,21-23H,3-10H2,1-2H3;6-7,9-11,13,15,17,19-20H,3-5,8H2,1-2H3;5-6,8-10,12,14,16,18-19H,2-4,7H2,1H3. The highest BCUT2D eigenvalue weighted by molar-refractivity contribution is 7.19. The first-order valence-corrected chi connectivity index (χ1v) is 46.5. The number of thiazole rings is 2. The van der Waals surface area contributed by atoms with E-state index in [0.717, 1.165) is 188 Å². The van der Waals surface area contributed by atoms with Crippen LogP contribution in [0.15, 0.2) is 238 Å².